The van der Waals surface area contributed by atoms with Crippen LogP contribution in [0.3, 0.4) is 0 Å². The van der Waals surface area contributed by atoms with E-state index >= 15 is 0 Å². The first-order valence-corrected chi connectivity index (χ1v) is 6.15. The lowest BCUT2D eigenvalue weighted by Gasteiger charge is -2.22. The van der Waals surface area contributed by atoms with Crippen molar-refractivity contribution < 1.29 is 14.7 Å². The molecule has 0 aliphatic carbocycles. The van der Waals surface area contributed by atoms with E-state index in [2.05, 4.69) is 6.92 Å². The first-order valence-electron chi connectivity index (χ1n) is 6.15. The van der Waals surface area contributed by atoms with Gasteiger partial charge >= 0.3 is 5.97 Å². The molecule has 1 aliphatic heterocycles. The van der Waals surface area contributed by atoms with E-state index in [1.165, 1.54) is 4.90 Å². The van der Waals surface area contributed by atoms with Gasteiger partial charge in [-0.05, 0) is 19.3 Å². The van der Waals surface area contributed by atoms with Crippen LogP contribution >= 0.6 is 0 Å². The van der Waals surface area contributed by atoms with Crippen LogP contribution in [-0.4, -0.2) is 35.0 Å². The predicted molar refractivity (Wildman–Crippen MR) is 61.1 cm³/mol. The van der Waals surface area contributed by atoms with Crippen LogP contribution in [0.2, 0.25) is 0 Å². The number of rotatable bonds is 5. The lowest BCUT2D eigenvalue weighted by molar-refractivity contribution is -0.146. The van der Waals surface area contributed by atoms with Crippen LogP contribution in [0.5, 0.6) is 0 Å². The quantitative estimate of drug-likeness (QED) is 0.780. The minimum atomic E-state index is -0.913. The van der Waals surface area contributed by atoms with Gasteiger partial charge < -0.3 is 10.0 Å². The van der Waals surface area contributed by atoms with Gasteiger partial charge in [0.25, 0.3) is 0 Å². The largest absolute Gasteiger partial charge is 0.480 e. The second kappa shape index (κ2) is 6.51. The van der Waals surface area contributed by atoms with Gasteiger partial charge in [-0.15, -0.1) is 0 Å². The average molecular weight is 227 g/mol. The Morgan fingerprint density at radius 1 is 1.50 bits per heavy atom. The molecule has 1 amide bonds. The second-order valence-corrected chi connectivity index (χ2v) is 4.49. The summed E-state index contributed by atoms with van der Waals surface area (Å²) in [4.78, 5) is 24.2. The lowest BCUT2D eigenvalue weighted by atomic mass is 9.96. The van der Waals surface area contributed by atoms with E-state index in [4.69, 9.17) is 5.11 Å². The van der Waals surface area contributed by atoms with Crippen molar-refractivity contribution >= 4 is 11.9 Å². The van der Waals surface area contributed by atoms with Crippen molar-refractivity contribution in [1.82, 2.24) is 4.90 Å². The highest BCUT2D eigenvalue weighted by molar-refractivity contribution is 5.83. The average Bonchev–Trinajstić information content (AvgIpc) is 2.40. The molecule has 4 nitrogen and oxygen atoms in total. The minimum absolute atomic E-state index is 0.0494. The van der Waals surface area contributed by atoms with Gasteiger partial charge in [-0.1, -0.05) is 26.2 Å². The molecule has 1 N–H and O–H groups in total. The number of nitrogens with zero attached hydrogens (tertiary/aromatic N) is 1. The van der Waals surface area contributed by atoms with E-state index in [0.717, 1.165) is 38.5 Å². The highest BCUT2D eigenvalue weighted by atomic mass is 16.4. The molecule has 1 aliphatic rings. The van der Waals surface area contributed by atoms with Crippen LogP contribution in [0, 0.1) is 5.92 Å². The number of carbonyl (C=O) groups is 2. The molecule has 0 saturated carbocycles. The van der Waals surface area contributed by atoms with Crippen LogP contribution in [0.15, 0.2) is 0 Å². The summed E-state index contributed by atoms with van der Waals surface area (Å²) in [5.74, 6) is -0.806. The zero-order valence-corrected chi connectivity index (χ0v) is 9.95. The number of carbonyl (C=O) groups excluding carboxylic acids is 1. The molecule has 0 bridgehead atoms. The molecule has 4 heteroatoms. The summed E-state index contributed by atoms with van der Waals surface area (Å²) in [6.07, 6.45) is 5.94. The summed E-state index contributed by atoms with van der Waals surface area (Å²) in [5.41, 5.74) is 0. The molecular formula is C12H21NO3. The Hall–Kier alpha value is -1.06. The van der Waals surface area contributed by atoms with Crippen LogP contribution in [0.25, 0.3) is 0 Å². The first-order chi connectivity index (χ1) is 7.65. The standard InChI is InChI=1S/C12H21NO3/c1-2-3-6-10-7-4-5-8-13(12(10)16)9-11(14)15/h10H,2-9H2,1H3,(H,14,15). The molecule has 1 heterocycles. The summed E-state index contributed by atoms with van der Waals surface area (Å²) in [7, 11) is 0. The summed E-state index contributed by atoms with van der Waals surface area (Å²) in [6, 6.07) is 0. The van der Waals surface area contributed by atoms with E-state index in [-0.39, 0.29) is 18.4 Å². The fourth-order valence-corrected chi connectivity index (χ4v) is 2.22. The molecular weight excluding hydrogens is 206 g/mol. The third kappa shape index (κ3) is 3.83. The number of unbranched alkanes of at least 4 members (excludes halogenated alkanes) is 1. The zero-order valence-electron chi connectivity index (χ0n) is 9.95. The molecule has 16 heavy (non-hydrogen) atoms. The van der Waals surface area contributed by atoms with Crippen molar-refractivity contribution in [1.29, 1.82) is 0 Å². The lowest BCUT2D eigenvalue weighted by Crippen LogP contribution is -2.38. The molecule has 1 rings (SSSR count). The van der Waals surface area contributed by atoms with E-state index in [0.29, 0.717) is 6.54 Å². The molecule has 1 saturated heterocycles. The number of likely N-dealkylation sites (tertiary alicyclic amines) is 1. The Bertz CT molecular complexity index is 253. The molecule has 0 spiro atoms. The van der Waals surface area contributed by atoms with Gasteiger partial charge in [-0.3, -0.25) is 9.59 Å². The highest BCUT2D eigenvalue weighted by Crippen LogP contribution is 2.22. The van der Waals surface area contributed by atoms with E-state index in [1.54, 1.807) is 0 Å². The maximum atomic E-state index is 12.0. The Morgan fingerprint density at radius 2 is 2.25 bits per heavy atom. The van der Waals surface area contributed by atoms with Crippen LogP contribution in [-0.2, 0) is 9.59 Å². The number of carboxylic acid groups (broad SMARTS) is 1. The topological polar surface area (TPSA) is 57.6 Å². The fraction of sp³-hybridized carbons (Fsp3) is 0.833. The van der Waals surface area contributed by atoms with Crippen molar-refractivity contribution in [2.24, 2.45) is 5.92 Å². The maximum Gasteiger partial charge on any atom is 0.323 e. The molecule has 0 aromatic rings. The van der Waals surface area contributed by atoms with Crippen molar-refractivity contribution in [2.75, 3.05) is 13.1 Å². The van der Waals surface area contributed by atoms with Gasteiger partial charge in [-0.25, -0.2) is 0 Å². The Labute approximate surface area is 96.6 Å². The molecule has 92 valence electrons. The van der Waals surface area contributed by atoms with E-state index in [1.807, 2.05) is 0 Å². The summed E-state index contributed by atoms with van der Waals surface area (Å²) < 4.78 is 0. The third-order valence-electron chi connectivity index (χ3n) is 3.12. The van der Waals surface area contributed by atoms with Gasteiger partial charge in [0, 0.05) is 12.5 Å². The summed E-state index contributed by atoms with van der Waals surface area (Å²) >= 11 is 0. The van der Waals surface area contributed by atoms with Gasteiger partial charge in [0.05, 0.1) is 0 Å². The normalized spacial score (nSPS) is 21.9. The smallest absolute Gasteiger partial charge is 0.323 e. The summed E-state index contributed by atoms with van der Waals surface area (Å²) in [6.45, 7) is 2.57. The van der Waals surface area contributed by atoms with E-state index in [9.17, 15) is 9.59 Å². The van der Waals surface area contributed by atoms with Gasteiger partial charge in [0.1, 0.15) is 6.54 Å². The minimum Gasteiger partial charge on any atom is -0.480 e. The van der Waals surface area contributed by atoms with E-state index < -0.39 is 5.97 Å². The van der Waals surface area contributed by atoms with Crippen molar-refractivity contribution in [3.8, 4) is 0 Å². The molecule has 0 aromatic heterocycles. The third-order valence-corrected chi connectivity index (χ3v) is 3.12. The van der Waals surface area contributed by atoms with Crippen LogP contribution < -0.4 is 0 Å². The van der Waals surface area contributed by atoms with Gasteiger partial charge in [0.2, 0.25) is 5.91 Å². The van der Waals surface area contributed by atoms with Crippen LogP contribution in [0.1, 0.15) is 45.4 Å². The Kier molecular flexibility index (Phi) is 5.29. The predicted octanol–water partition coefficient (Wildman–Crippen LogP) is 1.89. The van der Waals surface area contributed by atoms with Gasteiger partial charge in [-0.2, -0.15) is 0 Å². The Morgan fingerprint density at radius 3 is 2.88 bits per heavy atom. The SMILES string of the molecule is CCCCC1CCCCN(CC(=O)O)C1=O. The number of hydrogen-bond acceptors (Lipinski definition) is 2. The van der Waals surface area contributed by atoms with Crippen molar-refractivity contribution in [3.05, 3.63) is 0 Å². The number of hydrogen-bond donors (Lipinski definition) is 1. The number of aliphatic carboxylic acids is 1. The fourth-order valence-electron chi connectivity index (χ4n) is 2.22. The molecule has 1 unspecified atom stereocenters. The monoisotopic (exact) mass is 227 g/mol. The maximum absolute atomic E-state index is 12.0. The Balaban J connectivity index is 2.57. The van der Waals surface area contributed by atoms with Crippen LogP contribution in [0.4, 0.5) is 0 Å². The number of amides is 1. The molecule has 1 fully saturated rings. The molecule has 1 atom stereocenters. The van der Waals surface area contributed by atoms with Gasteiger partial charge in [0.15, 0.2) is 0 Å². The molecule has 0 radical (unpaired) electrons. The van der Waals surface area contributed by atoms with Crippen molar-refractivity contribution in [2.45, 2.75) is 45.4 Å². The highest BCUT2D eigenvalue weighted by Gasteiger charge is 2.27. The number of carboxylic acids is 1. The zero-order chi connectivity index (χ0) is 12.0. The first kappa shape index (κ1) is 13.0. The summed E-state index contributed by atoms with van der Waals surface area (Å²) in [5, 5.41) is 8.74. The van der Waals surface area contributed by atoms with Crippen molar-refractivity contribution in [3.63, 3.8) is 0 Å². The molecule has 0 aromatic carbocycles. The second-order valence-electron chi connectivity index (χ2n) is 4.49.